The molecule has 1 aliphatic rings. The zero-order valence-electron chi connectivity index (χ0n) is 10.5. The summed E-state index contributed by atoms with van der Waals surface area (Å²) in [5.74, 6) is -0.00950. The molecule has 2 heterocycles. The van der Waals surface area contributed by atoms with Gasteiger partial charge in [0.1, 0.15) is 11.0 Å². The van der Waals surface area contributed by atoms with Gasteiger partial charge in [0.05, 0.1) is 11.2 Å². The van der Waals surface area contributed by atoms with Gasteiger partial charge in [-0.15, -0.1) is 0 Å². The number of aromatic nitrogens is 1. The molecule has 112 valence electrons. The van der Waals surface area contributed by atoms with Crippen LogP contribution in [0.5, 0.6) is 0 Å². The average molecular weight is 311 g/mol. The Bertz CT molecular complexity index is 476. The van der Waals surface area contributed by atoms with E-state index in [4.69, 9.17) is 16.3 Å². The molecule has 20 heavy (non-hydrogen) atoms. The van der Waals surface area contributed by atoms with Crippen molar-refractivity contribution in [1.82, 2.24) is 4.98 Å². The molecule has 0 spiro atoms. The number of nitrogens with one attached hydrogen (secondary N) is 1. The van der Waals surface area contributed by atoms with Crippen molar-refractivity contribution in [3.05, 3.63) is 22.8 Å². The summed E-state index contributed by atoms with van der Waals surface area (Å²) in [5, 5.41) is 12.7. The van der Waals surface area contributed by atoms with Crippen LogP contribution in [0, 0.1) is 0 Å². The molecule has 0 aromatic carbocycles. The van der Waals surface area contributed by atoms with Crippen molar-refractivity contribution in [2.24, 2.45) is 0 Å². The number of hydrogen-bond donors (Lipinski definition) is 2. The van der Waals surface area contributed by atoms with Crippen molar-refractivity contribution in [1.29, 1.82) is 0 Å². The van der Waals surface area contributed by atoms with Crippen LogP contribution in [0.3, 0.4) is 0 Å². The van der Waals surface area contributed by atoms with E-state index in [9.17, 15) is 18.3 Å². The third-order valence-electron chi connectivity index (χ3n) is 3.14. The molecule has 1 aliphatic heterocycles. The molecule has 8 heteroatoms. The van der Waals surface area contributed by atoms with Gasteiger partial charge in [-0.2, -0.15) is 13.2 Å². The molecule has 0 aliphatic carbocycles. The van der Waals surface area contributed by atoms with E-state index in [0.29, 0.717) is 26.1 Å². The molecular weight excluding hydrogens is 297 g/mol. The molecular formula is C12H14ClF3N2O2. The molecule has 1 aromatic heterocycles. The molecule has 2 rings (SSSR count). The van der Waals surface area contributed by atoms with Gasteiger partial charge in [0, 0.05) is 32.6 Å². The topological polar surface area (TPSA) is 54.4 Å². The molecule has 0 bridgehead atoms. The monoisotopic (exact) mass is 310 g/mol. The minimum Gasteiger partial charge on any atom is -0.388 e. The number of rotatable bonds is 3. The number of halogens is 4. The molecule has 0 amide bonds. The van der Waals surface area contributed by atoms with E-state index in [1.807, 2.05) is 0 Å². The van der Waals surface area contributed by atoms with Crippen molar-refractivity contribution in [3.8, 4) is 0 Å². The van der Waals surface area contributed by atoms with E-state index in [0.717, 1.165) is 12.1 Å². The van der Waals surface area contributed by atoms with Gasteiger partial charge >= 0.3 is 6.18 Å². The van der Waals surface area contributed by atoms with Crippen molar-refractivity contribution < 1.29 is 23.0 Å². The molecule has 1 fully saturated rings. The van der Waals surface area contributed by atoms with Gasteiger partial charge in [-0.25, -0.2) is 4.98 Å². The normalized spacial score (nSPS) is 18.9. The van der Waals surface area contributed by atoms with Crippen molar-refractivity contribution in [2.45, 2.75) is 24.6 Å². The van der Waals surface area contributed by atoms with Crippen LogP contribution in [0.1, 0.15) is 18.4 Å². The summed E-state index contributed by atoms with van der Waals surface area (Å²) in [6.07, 6.45) is -3.64. The van der Waals surface area contributed by atoms with Gasteiger partial charge in [0.15, 0.2) is 0 Å². The Labute approximate surface area is 118 Å². The largest absolute Gasteiger partial charge is 0.416 e. The maximum atomic E-state index is 12.6. The summed E-state index contributed by atoms with van der Waals surface area (Å²) >= 11 is 5.58. The number of nitrogens with zero attached hydrogens (tertiary/aromatic N) is 1. The van der Waals surface area contributed by atoms with Crippen LogP contribution >= 0.6 is 11.6 Å². The van der Waals surface area contributed by atoms with Gasteiger partial charge in [-0.3, -0.25) is 0 Å². The number of pyridine rings is 1. The lowest BCUT2D eigenvalue weighted by atomic mass is 9.94. The van der Waals surface area contributed by atoms with Crippen LogP contribution in [0.15, 0.2) is 12.1 Å². The quantitative estimate of drug-likeness (QED) is 0.843. The van der Waals surface area contributed by atoms with Gasteiger partial charge in [0.2, 0.25) is 0 Å². The van der Waals surface area contributed by atoms with E-state index in [1.165, 1.54) is 0 Å². The van der Waals surface area contributed by atoms with Crippen LogP contribution in [-0.4, -0.2) is 35.5 Å². The van der Waals surface area contributed by atoms with Crippen LogP contribution in [0.2, 0.25) is 5.15 Å². The van der Waals surface area contributed by atoms with Crippen LogP contribution < -0.4 is 5.32 Å². The second-order valence-electron chi connectivity index (χ2n) is 4.75. The lowest BCUT2D eigenvalue weighted by molar-refractivity contribution is -0.137. The first-order chi connectivity index (χ1) is 9.28. The second kappa shape index (κ2) is 5.75. The molecule has 1 aromatic rings. The Morgan fingerprint density at radius 3 is 2.60 bits per heavy atom. The van der Waals surface area contributed by atoms with E-state index in [1.54, 1.807) is 0 Å². The highest BCUT2D eigenvalue weighted by Gasteiger charge is 2.32. The summed E-state index contributed by atoms with van der Waals surface area (Å²) in [6.45, 7) is 0.949. The Balaban J connectivity index is 2.07. The smallest absolute Gasteiger partial charge is 0.388 e. The molecule has 0 radical (unpaired) electrons. The average Bonchev–Trinajstić information content (AvgIpc) is 2.36. The van der Waals surface area contributed by atoms with Crippen LogP contribution in [-0.2, 0) is 10.9 Å². The molecule has 2 N–H and O–H groups in total. The Morgan fingerprint density at radius 2 is 2.00 bits per heavy atom. The molecule has 0 atom stereocenters. The van der Waals surface area contributed by atoms with Crippen molar-refractivity contribution in [3.63, 3.8) is 0 Å². The zero-order chi connectivity index (χ0) is 14.8. The second-order valence-corrected chi connectivity index (χ2v) is 5.14. The summed E-state index contributed by atoms with van der Waals surface area (Å²) in [7, 11) is 0. The highest BCUT2D eigenvalue weighted by atomic mass is 35.5. The highest BCUT2D eigenvalue weighted by Crippen LogP contribution is 2.32. The first kappa shape index (κ1) is 15.3. The molecule has 4 nitrogen and oxygen atoms in total. The highest BCUT2D eigenvalue weighted by molar-refractivity contribution is 6.29. The number of alkyl halides is 3. The predicted octanol–water partition coefficient (Wildman–Crippen LogP) is 2.71. The predicted molar refractivity (Wildman–Crippen MR) is 67.7 cm³/mol. The minimum atomic E-state index is -4.49. The minimum absolute atomic E-state index is 0.00950. The lowest BCUT2D eigenvalue weighted by Gasteiger charge is -2.32. The van der Waals surface area contributed by atoms with Crippen LogP contribution in [0.4, 0.5) is 19.0 Å². The fourth-order valence-corrected chi connectivity index (χ4v) is 2.14. The van der Waals surface area contributed by atoms with Gasteiger partial charge in [0.25, 0.3) is 0 Å². The molecule has 1 saturated heterocycles. The van der Waals surface area contributed by atoms with Crippen LogP contribution in [0.25, 0.3) is 0 Å². The van der Waals surface area contributed by atoms with Gasteiger partial charge in [-0.05, 0) is 12.1 Å². The van der Waals surface area contributed by atoms with E-state index < -0.39 is 17.3 Å². The van der Waals surface area contributed by atoms with Crippen molar-refractivity contribution in [2.75, 3.05) is 25.1 Å². The number of ether oxygens (including phenoxy) is 1. The first-order valence-electron chi connectivity index (χ1n) is 6.07. The van der Waals surface area contributed by atoms with E-state index in [-0.39, 0.29) is 17.5 Å². The fourth-order valence-electron chi connectivity index (χ4n) is 1.93. The zero-order valence-corrected chi connectivity index (χ0v) is 11.3. The third-order valence-corrected chi connectivity index (χ3v) is 3.34. The Hall–Kier alpha value is -1.05. The maximum absolute atomic E-state index is 12.6. The summed E-state index contributed by atoms with van der Waals surface area (Å²) in [6, 6.07) is 1.63. The first-order valence-corrected chi connectivity index (χ1v) is 6.45. The SMILES string of the molecule is OC1(CNc2cc(C(F)(F)F)cc(Cl)n2)CCOCC1. The maximum Gasteiger partial charge on any atom is 0.416 e. The van der Waals surface area contributed by atoms with Gasteiger partial charge in [-0.1, -0.05) is 11.6 Å². The summed E-state index contributed by atoms with van der Waals surface area (Å²) in [4.78, 5) is 3.77. The third kappa shape index (κ3) is 3.97. The summed E-state index contributed by atoms with van der Waals surface area (Å²) in [5.41, 5.74) is -1.88. The Kier molecular flexibility index (Phi) is 4.41. The van der Waals surface area contributed by atoms with E-state index >= 15 is 0 Å². The van der Waals surface area contributed by atoms with Crippen molar-refractivity contribution >= 4 is 17.4 Å². The number of aliphatic hydroxyl groups is 1. The molecule has 0 saturated carbocycles. The lowest BCUT2D eigenvalue weighted by Crippen LogP contribution is -2.42. The fraction of sp³-hybridized carbons (Fsp3) is 0.583. The molecule has 0 unspecified atom stereocenters. The van der Waals surface area contributed by atoms with Gasteiger partial charge < -0.3 is 15.2 Å². The standard InChI is InChI=1S/C12H14ClF3N2O2/c13-9-5-8(12(14,15)16)6-10(18-9)17-7-11(19)1-3-20-4-2-11/h5-6,19H,1-4,7H2,(H,17,18). The summed E-state index contributed by atoms with van der Waals surface area (Å²) < 4.78 is 43.0. The number of hydrogen-bond acceptors (Lipinski definition) is 4. The number of anilines is 1. The van der Waals surface area contributed by atoms with E-state index in [2.05, 4.69) is 10.3 Å². The Morgan fingerprint density at radius 1 is 1.35 bits per heavy atom.